The summed E-state index contributed by atoms with van der Waals surface area (Å²) < 4.78 is 78.5. The molecule has 3 aromatic rings. The van der Waals surface area contributed by atoms with Crippen LogP contribution in [0.25, 0.3) is 11.1 Å². The summed E-state index contributed by atoms with van der Waals surface area (Å²) in [4.78, 5) is 13.0. The molecule has 3 aromatic carbocycles. The number of halogens is 6. The van der Waals surface area contributed by atoms with E-state index < -0.39 is 29.4 Å². The molecule has 1 atom stereocenters. The summed E-state index contributed by atoms with van der Waals surface area (Å²) in [6, 6.07) is 11.6. The molecular weight excluding hydrogens is 446 g/mol. The van der Waals surface area contributed by atoms with E-state index in [0.29, 0.717) is 24.6 Å². The molecule has 1 aliphatic carbocycles. The van der Waals surface area contributed by atoms with E-state index in [-0.39, 0.29) is 22.7 Å². The minimum atomic E-state index is -4.70. The molecular formula is C24H18F6N2O. The van der Waals surface area contributed by atoms with Crippen molar-refractivity contribution in [3.05, 3.63) is 88.5 Å². The molecule has 0 spiro atoms. The molecule has 3 nitrogen and oxygen atoms in total. The van der Waals surface area contributed by atoms with Gasteiger partial charge in [0.2, 0.25) is 0 Å². The van der Waals surface area contributed by atoms with E-state index in [1.54, 1.807) is 18.2 Å². The number of hydrogen-bond acceptors (Lipinski definition) is 2. The number of rotatable bonds is 3. The first-order valence-corrected chi connectivity index (χ1v) is 9.99. The molecule has 0 radical (unpaired) electrons. The molecule has 0 aliphatic heterocycles. The molecule has 0 heterocycles. The first-order chi connectivity index (χ1) is 15.4. The largest absolute Gasteiger partial charge is 0.416 e. The smallest absolute Gasteiger partial charge is 0.327 e. The third-order valence-electron chi connectivity index (χ3n) is 5.54. The highest BCUT2D eigenvalue weighted by Crippen LogP contribution is 2.36. The highest BCUT2D eigenvalue weighted by atomic mass is 19.4. The van der Waals surface area contributed by atoms with Gasteiger partial charge in [0, 0.05) is 17.3 Å². The van der Waals surface area contributed by atoms with Gasteiger partial charge in [-0.15, -0.1) is 0 Å². The van der Waals surface area contributed by atoms with Crippen LogP contribution in [0.15, 0.2) is 60.7 Å². The second-order valence-corrected chi connectivity index (χ2v) is 7.94. The topological polar surface area (TPSA) is 55.1 Å². The number of nitrogens with one attached hydrogen (secondary N) is 1. The van der Waals surface area contributed by atoms with Crippen molar-refractivity contribution in [1.29, 1.82) is 0 Å². The molecule has 0 fully saturated rings. The van der Waals surface area contributed by atoms with Crippen molar-refractivity contribution in [3.63, 3.8) is 0 Å². The predicted octanol–water partition coefficient (Wildman–Crippen LogP) is 6.07. The van der Waals surface area contributed by atoms with E-state index in [0.717, 1.165) is 47.5 Å². The van der Waals surface area contributed by atoms with Gasteiger partial charge in [-0.3, -0.25) is 4.79 Å². The molecule has 0 saturated carbocycles. The van der Waals surface area contributed by atoms with Crippen LogP contribution in [0.5, 0.6) is 0 Å². The van der Waals surface area contributed by atoms with E-state index in [9.17, 15) is 31.1 Å². The monoisotopic (exact) mass is 464 g/mol. The number of carbonyl (C=O) groups excluding carboxylic acids is 1. The minimum absolute atomic E-state index is 0.0271. The molecule has 9 heteroatoms. The predicted molar refractivity (Wildman–Crippen MR) is 112 cm³/mol. The second kappa shape index (κ2) is 8.22. The highest BCUT2D eigenvalue weighted by Gasteiger charge is 2.33. The molecule has 1 aliphatic rings. The standard InChI is InChI=1S/C24H18F6N2O/c25-23(26,27)16-4-1-13(2-5-16)20-8-6-17(24(28,29)30)12-21(20)22(33)32-19-7-3-14-9-18(31)10-15(14)11-19/h1-8,11-12,18H,9-10,31H2,(H,32,33)/t18-/m1/s1. The first-order valence-electron chi connectivity index (χ1n) is 9.99. The van der Waals surface area contributed by atoms with Crippen LogP contribution in [0.2, 0.25) is 0 Å². The zero-order valence-corrected chi connectivity index (χ0v) is 17.0. The molecule has 0 bridgehead atoms. The van der Waals surface area contributed by atoms with Crippen LogP contribution in [0.3, 0.4) is 0 Å². The first kappa shape index (κ1) is 22.8. The summed E-state index contributed by atoms with van der Waals surface area (Å²) in [6.07, 6.45) is -7.93. The second-order valence-electron chi connectivity index (χ2n) is 7.94. The van der Waals surface area contributed by atoms with Gasteiger partial charge in [-0.25, -0.2) is 0 Å². The number of benzene rings is 3. The lowest BCUT2D eigenvalue weighted by Crippen LogP contribution is -2.19. The average Bonchev–Trinajstić information content (AvgIpc) is 3.11. The van der Waals surface area contributed by atoms with Gasteiger partial charge >= 0.3 is 12.4 Å². The van der Waals surface area contributed by atoms with E-state index in [2.05, 4.69) is 5.32 Å². The Labute approximate surface area is 185 Å². The average molecular weight is 464 g/mol. The molecule has 33 heavy (non-hydrogen) atoms. The Hall–Kier alpha value is -3.33. The van der Waals surface area contributed by atoms with Gasteiger partial charge in [-0.1, -0.05) is 24.3 Å². The Morgan fingerprint density at radius 1 is 0.788 bits per heavy atom. The number of anilines is 1. The SMILES string of the molecule is N[C@@H]1Cc2ccc(NC(=O)c3cc(C(F)(F)F)ccc3-c3ccc(C(F)(F)F)cc3)cc2C1. The Kier molecular flexibility index (Phi) is 5.69. The molecule has 0 saturated heterocycles. The third kappa shape index (κ3) is 4.88. The number of nitrogens with two attached hydrogens (primary N) is 1. The van der Waals surface area contributed by atoms with Crippen molar-refractivity contribution in [2.75, 3.05) is 5.32 Å². The zero-order chi connectivity index (χ0) is 24.0. The highest BCUT2D eigenvalue weighted by molar-refractivity contribution is 6.09. The van der Waals surface area contributed by atoms with Crippen LogP contribution >= 0.6 is 0 Å². The fourth-order valence-corrected chi connectivity index (χ4v) is 3.93. The van der Waals surface area contributed by atoms with Crippen molar-refractivity contribution in [1.82, 2.24) is 0 Å². The molecule has 3 N–H and O–H groups in total. The van der Waals surface area contributed by atoms with Crippen molar-refractivity contribution in [2.45, 2.75) is 31.2 Å². The Morgan fingerprint density at radius 2 is 1.39 bits per heavy atom. The lowest BCUT2D eigenvalue weighted by molar-refractivity contribution is -0.138. The summed E-state index contributed by atoms with van der Waals surface area (Å²) in [6.45, 7) is 0. The summed E-state index contributed by atoms with van der Waals surface area (Å²) in [5.74, 6) is -0.807. The maximum absolute atomic E-state index is 13.3. The van der Waals surface area contributed by atoms with Gasteiger partial charge in [0.05, 0.1) is 11.1 Å². The van der Waals surface area contributed by atoms with Crippen molar-refractivity contribution >= 4 is 11.6 Å². The van der Waals surface area contributed by atoms with Crippen LogP contribution in [-0.2, 0) is 25.2 Å². The van der Waals surface area contributed by atoms with Crippen LogP contribution in [0.1, 0.15) is 32.6 Å². The molecule has 172 valence electrons. The van der Waals surface area contributed by atoms with Crippen molar-refractivity contribution in [3.8, 4) is 11.1 Å². The quantitative estimate of drug-likeness (QED) is 0.463. The summed E-state index contributed by atoms with van der Waals surface area (Å²) in [7, 11) is 0. The van der Waals surface area contributed by atoms with Crippen LogP contribution in [0, 0.1) is 0 Å². The van der Waals surface area contributed by atoms with E-state index in [1.807, 2.05) is 0 Å². The number of amides is 1. The normalized spacial score (nSPS) is 15.9. The van der Waals surface area contributed by atoms with E-state index in [4.69, 9.17) is 5.73 Å². The fourth-order valence-electron chi connectivity index (χ4n) is 3.93. The molecule has 0 aromatic heterocycles. The zero-order valence-electron chi connectivity index (χ0n) is 17.0. The van der Waals surface area contributed by atoms with Gasteiger partial charge < -0.3 is 11.1 Å². The van der Waals surface area contributed by atoms with Crippen LogP contribution in [0.4, 0.5) is 32.0 Å². The van der Waals surface area contributed by atoms with Gasteiger partial charge in [-0.2, -0.15) is 26.3 Å². The number of carbonyl (C=O) groups is 1. The van der Waals surface area contributed by atoms with Gasteiger partial charge in [0.25, 0.3) is 5.91 Å². The number of hydrogen-bond donors (Lipinski definition) is 2. The molecule has 0 unspecified atom stereocenters. The minimum Gasteiger partial charge on any atom is -0.327 e. The van der Waals surface area contributed by atoms with Crippen LogP contribution < -0.4 is 11.1 Å². The summed E-state index contributed by atoms with van der Waals surface area (Å²) in [5, 5.41) is 2.60. The maximum atomic E-state index is 13.3. The number of alkyl halides is 6. The number of fused-ring (bicyclic) bond motifs is 1. The Bertz CT molecular complexity index is 1200. The van der Waals surface area contributed by atoms with Gasteiger partial charge in [-0.05, 0) is 71.5 Å². The molecule has 1 amide bonds. The lowest BCUT2D eigenvalue weighted by Gasteiger charge is -2.15. The Morgan fingerprint density at radius 3 is 2.03 bits per heavy atom. The van der Waals surface area contributed by atoms with E-state index >= 15 is 0 Å². The summed E-state index contributed by atoms with van der Waals surface area (Å²) in [5.41, 5.74) is 6.35. The lowest BCUT2D eigenvalue weighted by atomic mass is 9.95. The third-order valence-corrected chi connectivity index (χ3v) is 5.54. The summed E-state index contributed by atoms with van der Waals surface area (Å²) >= 11 is 0. The Balaban J connectivity index is 1.71. The van der Waals surface area contributed by atoms with E-state index in [1.165, 1.54) is 0 Å². The van der Waals surface area contributed by atoms with Crippen LogP contribution in [-0.4, -0.2) is 11.9 Å². The van der Waals surface area contributed by atoms with Gasteiger partial charge in [0.15, 0.2) is 0 Å². The van der Waals surface area contributed by atoms with Crippen molar-refractivity contribution in [2.24, 2.45) is 5.73 Å². The van der Waals surface area contributed by atoms with Crippen molar-refractivity contribution < 1.29 is 31.1 Å². The van der Waals surface area contributed by atoms with Gasteiger partial charge in [0.1, 0.15) is 0 Å². The molecule has 4 rings (SSSR count). The fraction of sp³-hybridized carbons (Fsp3) is 0.208. The maximum Gasteiger partial charge on any atom is 0.416 e.